The number of rotatable bonds is 3. The topological polar surface area (TPSA) is 77.3 Å². The Kier molecular flexibility index (Phi) is 3.74. The first-order valence-electron chi connectivity index (χ1n) is 4.46. The molecule has 0 saturated heterocycles. The van der Waals surface area contributed by atoms with Crippen LogP contribution in [0.25, 0.3) is 0 Å². The van der Waals surface area contributed by atoms with Gasteiger partial charge in [-0.25, -0.2) is 0 Å². The molecular formula is C8H3F6NO4S. The normalized spacial score (nSPS) is 13.3. The van der Waals surface area contributed by atoms with E-state index in [2.05, 4.69) is 0 Å². The van der Waals surface area contributed by atoms with Crippen molar-refractivity contribution in [3.63, 3.8) is 0 Å². The second-order valence-corrected chi connectivity index (χ2v) is 4.79. The van der Waals surface area contributed by atoms with Gasteiger partial charge in [0.05, 0.1) is 4.92 Å². The Balaban J connectivity index is 3.63. The smallest absolute Gasteiger partial charge is 0.258 e. The fraction of sp³-hybridized carbons (Fsp3) is 0.250. The van der Waals surface area contributed by atoms with Crippen molar-refractivity contribution in [2.45, 2.75) is 17.0 Å². The molecule has 0 aliphatic rings. The van der Waals surface area contributed by atoms with Gasteiger partial charge in [-0.2, -0.15) is 30.4 Å². The molecule has 0 aliphatic heterocycles. The van der Waals surface area contributed by atoms with Crippen molar-refractivity contribution >= 4 is 15.9 Å². The molecule has 0 fully saturated rings. The van der Waals surface area contributed by atoms with Crippen LogP contribution in [0.3, 0.4) is 0 Å². The standard InChI is InChI=1S/C8H3F6NO4S/c9-7(10,8(11,12)13)5-2-1-4(20(14,18)19)3-6(5)15(16)17/h1-3H. The van der Waals surface area contributed by atoms with E-state index in [1.165, 1.54) is 0 Å². The minimum absolute atomic E-state index is 0.0807. The Bertz CT molecular complexity index is 653. The van der Waals surface area contributed by atoms with Crippen LogP contribution in [-0.2, 0) is 16.1 Å². The quantitative estimate of drug-likeness (QED) is 0.371. The van der Waals surface area contributed by atoms with Gasteiger partial charge < -0.3 is 0 Å². The molecule has 0 N–H and O–H groups in total. The molecule has 1 aromatic rings. The van der Waals surface area contributed by atoms with E-state index in [0.717, 1.165) is 0 Å². The number of nitro groups is 1. The fourth-order valence-electron chi connectivity index (χ4n) is 1.23. The van der Waals surface area contributed by atoms with Crippen molar-refractivity contribution in [2.75, 3.05) is 0 Å². The zero-order valence-electron chi connectivity index (χ0n) is 8.99. The van der Waals surface area contributed by atoms with E-state index >= 15 is 0 Å². The van der Waals surface area contributed by atoms with Gasteiger partial charge in [0.25, 0.3) is 5.69 Å². The minimum Gasteiger partial charge on any atom is -0.258 e. The summed E-state index contributed by atoms with van der Waals surface area (Å²) >= 11 is 0. The predicted molar refractivity (Wildman–Crippen MR) is 51.3 cm³/mol. The molecule has 0 saturated carbocycles. The van der Waals surface area contributed by atoms with Crippen molar-refractivity contribution in [3.8, 4) is 0 Å². The maximum atomic E-state index is 13.0. The Morgan fingerprint density at radius 2 is 1.60 bits per heavy atom. The van der Waals surface area contributed by atoms with Crippen LogP contribution in [-0.4, -0.2) is 19.5 Å². The lowest BCUT2D eigenvalue weighted by atomic mass is 10.1. The van der Waals surface area contributed by atoms with Gasteiger partial charge in [-0.15, -0.1) is 3.89 Å². The molecule has 0 unspecified atom stereocenters. The van der Waals surface area contributed by atoms with Crippen LogP contribution >= 0.6 is 0 Å². The van der Waals surface area contributed by atoms with Gasteiger partial charge in [0.1, 0.15) is 10.5 Å². The highest BCUT2D eigenvalue weighted by atomic mass is 32.3. The number of hydrogen-bond donors (Lipinski definition) is 0. The second kappa shape index (κ2) is 4.61. The van der Waals surface area contributed by atoms with Crippen LogP contribution in [0, 0.1) is 10.1 Å². The second-order valence-electron chi connectivity index (χ2n) is 3.45. The number of halogens is 6. The van der Waals surface area contributed by atoms with E-state index in [0.29, 0.717) is 0 Å². The van der Waals surface area contributed by atoms with E-state index in [1.807, 2.05) is 0 Å². The van der Waals surface area contributed by atoms with E-state index in [-0.39, 0.29) is 18.2 Å². The summed E-state index contributed by atoms with van der Waals surface area (Å²) in [6.45, 7) is 0. The van der Waals surface area contributed by atoms with E-state index in [9.17, 15) is 44.4 Å². The Hall–Kier alpha value is -1.85. The average molecular weight is 323 g/mol. The number of nitrogens with zero attached hydrogens (tertiary/aromatic N) is 1. The lowest BCUT2D eigenvalue weighted by molar-refractivity contribution is -0.390. The molecule has 0 radical (unpaired) electrons. The zero-order chi connectivity index (χ0) is 15.9. The first-order chi connectivity index (χ1) is 8.78. The molecule has 0 atom stereocenters. The van der Waals surface area contributed by atoms with Gasteiger partial charge in [-0.3, -0.25) is 10.1 Å². The molecular weight excluding hydrogens is 320 g/mol. The molecule has 20 heavy (non-hydrogen) atoms. The fourth-order valence-corrected chi connectivity index (χ4v) is 1.72. The first-order valence-corrected chi connectivity index (χ1v) is 5.85. The zero-order valence-corrected chi connectivity index (χ0v) is 9.80. The molecule has 12 heteroatoms. The van der Waals surface area contributed by atoms with Crippen molar-refractivity contribution in [2.24, 2.45) is 0 Å². The molecule has 0 amide bonds. The maximum Gasteiger partial charge on any atom is 0.458 e. The molecule has 112 valence electrons. The van der Waals surface area contributed by atoms with Gasteiger partial charge in [0, 0.05) is 6.07 Å². The monoisotopic (exact) mass is 323 g/mol. The Morgan fingerprint density at radius 3 is 1.95 bits per heavy atom. The van der Waals surface area contributed by atoms with Crippen molar-refractivity contribution in [3.05, 3.63) is 33.9 Å². The first kappa shape index (κ1) is 16.2. The Morgan fingerprint density at radius 1 is 1.10 bits per heavy atom. The molecule has 0 heterocycles. The third kappa shape index (κ3) is 2.84. The number of benzene rings is 1. The summed E-state index contributed by atoms with van der Waals surface area (Å²) < 4.78 is 96.0. The van der Waals surface area contributed by atoms with Crippen LogP contribution in [0.15, 0.2) is 23.1 Å². The molecule has 0 bridgehead atoms. The largest absolute Gasteiger partial charge is 0.458 e. The van der Waals surface area contributed by atoms with Crippen LogP contribution in [0.1, 0.15) is 5.56 Å². The number of alkyl halides is 5. The summed E-state index contributed by atoms with van der Waals surface area (Å²) in [5, 5.41) is 10.5. The molecule has 1 aromatic carbocycles. The highest BCUT2D eigenvalue weighted by Crippen LogP contribution is 2.47. The summed E-state index contributed by atoms with van der Waals surface area (Å²) in [5.74, 6) is -5.59. The highest BCUT2D eigenvalue weighted by Gasteiger charge is 2.61. The van der Waals surface area contributed by atoms with E-state index in [1.54, 1.807) is 0 Å². The van der Waals surface area contributed by atoms with Crippen LogP contribution < -0.4 is 0 Å². The maximum absolute atomic E-state index is 13.0. The van der Waals surface area contributed by atoms with Gasteiger partial charge in [0.15, 0.2) is 0 Å². The van der Waals surface area contributed by atoms with Gasteiger partial charge >= 0.3 is 22.3 Å². The van der Waals surface area contributed by atoms with Crippen molar-refractivity contribution < 1.29 is 39.2 Å². The highest BCUT2D eigenvalue weighted by molar-refractivity contribution is 7.86. The van der Waals surface area contributed by atoms with Crippen LogP contribution in [0.5, 0.6) is 0 Å². The van der Waals surface area contributed by atoms with Gasteiger partial charge in [0.2, 0.25) is 0 Å². The number of nitro benzene ring substituents is 1. The third-order valence-corrected chi connectivity index (χ3v) is 2.96. The predicted octanol–water partition coefficient (Wildman–Crippen LogP) is 2.91. The summed E-state index contributed by atoms with van der Waals surface area (Å²) in [4.78, 5) is 7.40. The lowest BCUT2D eigenvalue weighted by Crippen LogP contribution is -2.34. The minimum atomic E-state index is -6.13. The summed E-state index contributed by atoms with van der Waals surface area (Å²) in [6.07, 6.45) is -6.13. The van der Waals surface area contributed by atoms with E-state index in [4.69, 9.17) is 0 Å². The number of hydrogen-bond acceptors (Lipinski definition) is 4. The third-order valence-electron chi connectivity index (χ3n) is 2.14. The van der Waals surface area contributed by atoms with Crippen molar-refractivity contribution in [1.82, 2.24) is 0 Å². The lowest BCUT2D eigenvalue weighted by Gasteiger charge is -2.19. The van der Waals surface area contributed by atoms with Crippen LogP contribution in [0.2, 0.25) is 0 Å². The summed E-state index contributed by atoms with van der Waals surface area (Å²) in [7, 11) is -5.49. The van der Waals surface area contributed by atoms with Crippen molar-refractivity contribution in [1.29, 1.82) is 0 Å². The average Bonchev–Trinajstić information content (AvgIpc) is 2.25. The van der Waals surface area contributed by atoms with Gasteiger partial charge in [-0.05, 0) is 12.1 Å². The molecule has 0 aliphatic carbocycles. The molecule has 5 nitrogen and oxygen atoms in total. The molecule has 1 rings (SSSR count). The summed E-state index contributed by atoms with van der Waals surface area (Å²) in [5.41, 5.74) is -3.94. The molecule has 0 spiro atoms. The Labute approximate surface area is 107 Å². The van der Waals surface area contributed by atoms with Gasteiger partial charge in [-0.1, -0.05) is 0 Å². The van der Waals surface area contributed by atoms with Crippen LogP contribution in [0.4, 0.5) is 31.5 Å². The SMILES string of the molecule is O=[N+]([O-])c1cc(S(=O)(=O)F)ccc1C(F)(F)C(F)(F)F. The van der Waals surface area contributed by atoms with E-state index < -0.39 is 43.4 Å². The molecule has 0 aromatic heterocycles. The summed E-state index contributed by atoms with van der Waals surface area (Å²) in [6, 6.07) is -0.278.